The minimum Gasteiger partial charge on any atom is -0.475 e. The molecule has 0 atom stereocenters. The van der Waals surface area contributed by atoms with Crippen LogP contribution < -0.4 is 0 Å². The molecule has 1 rings (SSSR count). The van der Waals surface area contributed by atoms with E-state index < -0.39 is 30.6 Å². The fourth-order valence-electron chi connectivity index (χ4n) is 1.37. The van der Waals surface area contributed by atoms with Crippen LogP contribution in [-0.4, -0.2) is 55.1 Å². The van der Waals surface area contributed by atoms with Gasteiger partial charge >= 0.3 is 5.97 Å². The van der Waals surface area contributed by atoms with E-state index in [4.69, 9.17) is 14.3 Å². The first kappa shape index (κ1) is 15.1. The van der Waals surface area contributed by atoms with Gasteiger partial charge in [-0.15, -0.1) is 0 Å². The van der Waals surface area contributed by atoms with Crippen LogP contribution in [0.25, 0.3) is 0 Å². The monoisotopic (exact) mass is 277 g/mol. The molecular formula is C11H13F2NO5. The molecule has 1 aromatic rings. The number of methoxy groups -OCH3 is 1. The lowest BCUT2D eigenvalue weighted by Crippen LogP contribution is -2.37. The van der Waals surface area contributed by atoms with E-state index in [1.165, 1.54) is 7.11 Å². The average Bonchev–Trinajstić information content (AvgIpc) is 2.82. The lowest BCUT2D eigenvalue weighted by Gasteiger charge is -2.20. The predicted octanol–water partition coefficient (Wildman–Crippen LogP) is 1.33. The molecule has 6 nitrogen and oxygen atoms in total. The molecule has 0 bridgehead atoms. The minimum absolute atomic E-state index is 0.0389. The maximum absolute atomic E-state index is 12.4. The molecule has 0 aliphatic rings. The van der Waals surface area contributed by atoms with E-state index in [1.807, 2.05) is 0 Å². The van der Waals surface area contributed by atoms with E-state index in [0.29, 0.717) is 0 Å². The first-order valence-corrected chi connectivity index (χ1v) is 5.35. The molecule has 1 heterocycles. The fourth-order valence-corrected chi connectivity index (χ4v) is 1.37. The second-order valence-electron chi connectivity index (χ2n) is 3.60. The largest absolute Gasteiger partial charge is 0.475 e. The van der Waals surface area contributed by atoms with Crippen LogP contribution in [0.2, 0.25) is 0 Å². The highest BCUT2D eigenvalue weighted by molar-refractivity contribution is 5.93. The zero-order valence-corrected chi connectivity index (χ0v) is 10.1. The SMILES string of the molecule is COCCN(CC(F)F)C(=O)c1ccc(C(=O)O)o1. The van der Waals surface area contributed by atoms with Crippen molar-refractivity contribution in [1.82, 2.24) is 4.90 Å². The van der Waals surface area contributed by atoms with Crippen molar-refractivity contribution in [3.05, 3.63) is 23.7 Å². The Hall–Kier alpha value is -1.96. The maximum atomic E-state index is 12.4. The third-order valence-corrected chi connectivity index (χ3v) is 2.24. The van der Waals surface area contributed by atoms with E-state index in [-0.39, 0.29) is 18.9 Å². The molecule has 0 spiro atoms. The normalized spacial score (nSPS) is 10.7. The molecule has 0 aromatic carbocycles. The van der Waals surface area contributed by atoms with Gasteiger partial charge in [0, 0.05) is 13.7 Å². The van der Waals surface area contributed by atoms with Gasteiger partial charge in [0.15, 0.2) is 5.76 Å². The van der Waals surface area contributed by atoms with Crippen LogP contribution in [0.5, 0.6) is 0 Å². The molecule has 1 amide bonds. The number of hydrogen-bond donors (Lipinski definition) is 1. The Morgan fingerprint density at radius 1 is 1.42 bits per heavy atom. The van der Waals surface area contributed by atoms with Crippen molar-refractivity contribution in [2.45, 2.75) is 6.43 Å². The lowest BCUT2D eigenvalue weighted by atomic mass is 10.3. The summed E-state index contributed by atoms with van der Waals surface area (Å²) in [5.41, 5.74) is 0. The summed E-state index contributed by atoms with van der Waals surface area (Å²) < 4.78 is 34.2. The molecule has 0 unspecified atom stereocenters. The highest BCUT2D eigenvalue weighted by atomic mass is 19.3. The summed E-state index contributed by atoms with van der Waals surface area (Å²) in [7, 11) is 1.38. The van der Waals surface area contributed by atoms with Gasteiger partial charge in [0.1, 0.15) is 0 Å². The molecule has 0 saturated carbocycles. The molecule has 106 valence electrons. The highest BCUT2D eigenvalue weighted by Gasteiger charge is 2.23. The highest BCUT2D eigenvalue weighted by Crippen LogP contribution is 2.12. The number of amides is 1. The molecule has 19 heavy (non-hydrogen) atoms. The number of hydrogen-bond acceptors (Lipinski definition) is 4. The number of rotatable bonds is 7. The van der Waals surface area contributed by atoms with Crippen molar-refractivity contribution >= 4 is 11.9 Å². The van der Waals surface area contributed by atoms with Crippen molar-refractivity contribution < 1.29 is 32.6 Å². The topological polar surface area (TPSA) is 80.0 Å². The van der Waals surface area contributed by atoms with Crippen LogP contribution in [0.1, 0.15) is 21.1 Å². The Bertz CT molecular complexity index is 446. The van der Waals surface area contributed by atoms with Gasteiger partial charge in [-0.2, -0.15) is 0 Å². The van der Waals surface area contributed by atoms with Gasteiger partial charge in [0.05, 0.1) is 13.2 Å². The summed E-state index contributed by atoms with van der Waals surface area (Å²) >= 11 is 0. The quantitative estimate of drug-likeness (QED) is 0.813. The average molecular weight is 277 g/mol. The predicted molar refractivity (Wildman–Crippen MR) is 59.5 cm³/mol. The third-order valence-electron chi connectivity index (χ3n) is 2.24. The molecule has 0 fully saturated rings. The van der Waals surface area contributed by atoms with Crippen LogP contribution in [0.15, 0.2) is 16.5 Å². The zero-order valence-electron chi connectivity index (χ0n) is 10.1. The molecular weight excluding hydrogens is 264 g/mol. The van der Waals surface area contributed by atoms with E-state index in [1.54, 1.807) is 0 Å². The second-order valence-corrected chi connectivity index (χ2v) is 3.60. The Morgan fingerprint density at radius 2 is 2.05 bits per heavy atom. The minimum atomic E-state index is -2.70. The molecule has 0 aliphatic heterocycles. The first-order valence-electron chi connectivity index (χ1n) is 5.35. The molecule has 1 N–H and O–H groups in total. The van der Waals surface area contributed by atoms with Gasteiger partial charge in [-0.05, 0) is 12.1 Å². The van der Waals surface area contributed by atoms with Gasteiger partial charge in [-0.1, -0.05) is 0 Å². The van der Waals surface area contributed by atoms with E-state index in [9.17, 15) is 18.4 Å². The number of alkyl halides is 2. The van der Waals surface area contributed by atoms with Gasteiger partial charge < -0.3 is 19.2 Å². The van der Waals surface area contributed by atoms with Gasteiger partial charge in [-0.3, -0.25) is 4.79 Å². The van der Waals surface area contributed by atoms with Crippen LogP contribution in [0.3, 0.4) is 0 Å². The lowest BCUT2D eigenvalue weighted by molar-refractivity contribution is 0.0448. The molecule has 0 saturated heterocycles. The van der Waals surface area contributed by atoms with Crippen molar-refractivity contribution in [3.63, 3.8) is 0 Å². The third kappa shape index (κ3) is 4.32. The Kier molecular flexibility index (Phi) is 5.43. The van der Waals surface area contributed by atoms with Crippen molar-refractivity contribution in [2.75, 3.05) is 26.8 Å². The first-order chi connectivity index (χ1) is 8.95. The van der Waals surface area contributed by atoms with E-state index in [2.05, 4.69) is 0 Å². The molecule has 8 heteroatoms. The molecule has 0 radical (unpaired) electrons. The zero-order chi connectivity index (χ0) is 14.4. The number of carboxylic acids is 1. The van der Waals surface area contributed by atoms with Gasteiger partial charge in [0.25, 0.3) is 12.3 Å². The fraction of sp³-hybridized carbons (Fsp3) is 0.455. The van der Waals surface area contributed by atoms with Gasteiger partial charge in [-0.25, -0.2) is 13.6 Å². The van der Waals surface area contributed by atoms with Crippen molar-refractivity contribution in [1.29, 1.82) is 0 Å². The number of furan rings is 1. The van der Waals surface area contributed by atoms with Crippen LogP contribution >= 0.6 is 0 Å². The molecule has 1 aromatic heterocycles. The number of ether oxygens (including phenoxy) is 1. The van der Waals surface area contributed by atoms with Crippen molar-refractivity contribution in [2.24, 2.45) is 0 Å². The summed E-state index contributed by atoms with van der Waals surface area (Å²) in [6, 6.07) is 2.23. The number of carboxylic acid groups (broad SMARTS) is 1. The van der Waals surface area contributed by atoms with Crippen molar-refractivity contribution in [3.8, 4) is 0 Å². The number of aromatic carboxylic acids is 1. The summed E-state index contributed by atoms with van der Waals surface area (Å²) in [4.78, 5) is 23.3. The van der Waals surface area contributed by atoms with Crippen LogP contribution in [0, 0.1) is 0 Å². The number of carbonyl (C=O) groups is 2. The van der Waals surface area contributed by atoms with Crippen LogP contribution in [0.4, 0.5) is 8.78 Å². The van der Waals surface area contributed by atoms with E-state index in [0.717, 1.165) is 17.0 Å². The summed E-state index contributed by atoms with van der Waals surface area (Å²) in [5, 5.41) is 8.65. The number of carbonyl (C=O) groups excluding carboxylic acids is 1. The number of halogens is 2. The summed E-state index contributed by atoms with van der Waals surface area (Å²) in [5.74, 6) is -2.86. The summed E-state index contributed by atoms with van der Waals surface area (Å²) in [6.07, 6.45) is -2.70. The summed E-state index contributed by atoms with van der Waals surface area (Å²) in [6.45, 7) is -0.723. The Morgan fingerprint density at radius 3 is 2.53 bits per heavy atom. The van der Waals surface area contributed by atoms with Crippen LogP contribution in [-0.2, 0) is 4.74 Å². The number of nitrogens with zero attached hydrogens (tertiary/aromatic N) is 1. The van der Waals surface area contributed by atoms with E-state index >= 15 is 0 Å². The Balaban J connectivity index is 2.81. The maximum Gasteiger partial charge on any atom is 0.371 e. The van der Waals surface area contributed by atoms with Gasteiger partial charge in [0.2, 0.25) is 5.76 Å². The smallest absolute Gasteiger partial charge is 0.371 e. The second kappa shape index (κ2) is 6.83. The standard InChI is InChI=1S/C11H13F2NO5/c1-18-5-4-14(6-9(12)13)10(15)7-2-3-8(19-7)11(16)17/h2-3,9H,4-6H2,1H3,(H,16,17). The Labute approximate surface area is 107 Å². The molecule has 0 aliphatic carbocycles.